The molecule has 1 saturated heterocycles. The lowest BCUT2D eigenvalue weighted by Crippen LogP contribution is -2.23. The number of nitrogens with one attached hydrogen (secondary N) is 1. The van der Waals surface area contributed by atoms with Gasteiger partial charge in [-0.1, -0.05) is 0 Å². The van der Waals surface area contributed by atoms with Crippen LogP contribution in [0.2, 0.25) is 0 Å². The smallest absolute Gasteiger partial charge is 0.239 e. The van der Waals surface area contributed by atoms with E-state index in [4.69, 9.17) is 9.88 Å². The number of primary sulfonamides is 1. The van der Waals surface area contributed by atoms with Gasteiger partial charge in [0.05, 0.1) is 4.47 Å². The Balaban J connectivity index is 2.01. The van der Waals surface area contributed by atoms with E-state index >= 15 is 0 Å². The Morgan fingerprint density at radius 2 is 2.16 bits per heavy atom. The maximum atomic E-state index is 11.2. The zero-order valence-corrected chi connectivity index (χ0v) is 12.7. The summed E-state index contributed by atoms with van der Waals surface area (Å²) in [6, 6.07) is 1.45. The van der Waals surface area contributed by atoms with E-state index in [0.29, 0.717) is 16.2 Å². The van der Waals surface area contributed by atoms with E-state index in [1.165, 1.54) is 12.3 Å². The van der Waals surface area contributed by atoms with Gasteiger partial charge < -0.3 is 10.1 Å². The number of ether oxygens (including phenoxy) is 1. The van der Waals surface area contributed by atoms with Crippen LogP contribution in [0.1, 0.15) is 12.8 Å². The van der Waals surface area contributed by atoms with Crippen molar-refractivity contribution in [2.45, 2.75) is 17.7 Å². The second-order valence-electron chi connectivity index (χ2n) is 4.48. The van der Waals surface area contributed by atoms with Gasteiger partial charge >= 0.3 is 0 Å². The molecule has 1 aliphatic heterocycles. The number of hydrogen-bond donors (Lipinski definition) is 2. The molecule has 106 valence electrons. The first-order valence-corrected chi connectivity index (χ1v) is 8.30. The Hall–Kier alpha value is -0.700. The summed E-state index contributed by atoms with van der Waals surface area (Å²) in [5, 5.41) is 8.26. The number of rotatable bonds is 4. The standard InChI is InChI=1S/C11H16BrN3O3S/c12-10-5-9(19(13,16)17)7-15-11(10)14-6-8-1-3-18-4-2-8/h5,7-8H,1-4,6H2,(H,14,15)(H2,13,16,17). The molecule has 1 fully saturated rings. The molecule has 1 aromatic heterocycles. The van der Waals surface area contributed by atoms with Crippen LogP contribution in [0, 0.1) is 5.92 Å². The molecule has 0 aliphatic carbocycles. The van der Waals surface area contributed by atoms with Gasteiger partial charge in [-0.15, -0.1) is 0 Å². The first-order valence-electron chi connectivity index (χ1n) is 5.97. The number of halogens is 1. The lowest BCUT2D eigenvalue weighted by Gasteiger charge is -2.22. The number of hydrogen-bond acceptors (Lipinski definition) is 5. The molecule has 1 aromatic rings. The number of anilines is 1. The normalized spacial score (nSPS) is 17.4. The molecule has 0 aromatic carbocycles. The first kappa shape index (κ1) is 14.7. The molecular weight excluding hydrogens is 334 g/mol. The van der Waals surface area contributed by atoms with Crippen LogP contribution in [-0.4, -0.2) is 33.2 Å². The number of nitrogens with zero attached hydrogens (tertiary/aromatic N) is 1. The second kappa shape index (κ2) is 6.17. The highest BCUT2D eigenvalue weighted by atomic mass is 79.9. The molecule has 0 saturated carbocycles. The summed E-state index contributed by atoms with van der Waals surface area (Å²) in [7, 11) is -3.71. The van der Waals surface area contributed by atoms with E-state index in [1.807, 2.05) is 0 Å². The first-order chi connectivity index (χ1) is 8.97. The number of nitrogens with two attached hydrogens (primary N) is 1. The van der Waals surface area contributed by atoms with Gasteiger partial charge in [-0.3, -0.25) is 0 Å². The third-order valence-electron chi connectivity index (χ3n) is 3.04. The van der Waals surface area contributed by atoms with Gasteiger partial charge in [0, 0.05) is 26.0 Å². The minimum atomic E-state index is -3.71. The fraction of sp³-hybridized carbons (Fsp3) is 0.545. The molecule has 6 nitrogen and oxygen atoms in total. The molecule has 1 aliphatic rings. The summed E-state index contributed by atoms with van der Waals surface area (Å²) in [6.45, 7) is 2.39. The fourth-order valence-corrected chi connectivity index (χ4v) is 3.02. The van der Waals surface area contributed by atoms with Crippen molar-refractivity contribution in [1.82, 2.24) is 4.98 Å². The van der Waals surface area contributed by atoms with Crippen molar-refractivity contribution in [2.75, 3.05) is 25.1 Å². The summed E-state index contributed by atoms with van der Waals surface area (Å²) in [5.74, 6) is 1.18. The lowest BCUT2D eigenvalue weighted by atomic mass is 10.0. The fourth-order valence-electron chi connectivity index (χ4n) is 1.90. The third kappa shape index (κ3) is 4.13. The molecule has 0 spiro atoms. The maximum Gasteiger partial charge on any atom is 0.239 e. The Kier molecular flexibility index (Phi) is 4.77. The molecule has 0 radical (unpaired) electrons. The van der Waals surface area contributed by atoms with E-state index < -0.39 is 10.0 Å². The number of pyridine rings is 1. The van der Waals surface area contributed by atoms with Crippen LogP contribution < -0.4 is 10.5 Å². The van der Waals surface area contributed by atoms with Crippen molar-refractivity contribution in [3.8, 4) is 0 Å². The molecule has 2 heterocycles. The minimum absolute atomic E-state index is 0.00371. The SMILES string of the molecule is NS(=O)(=O)c1cnc(NCC2CCOCC2)c(Br)c1. The Bertz CT molecular complexity index is 544. The predicted molar refractivity (Wildman–Crippen MR) is 75.3 cm³/mol. The van der Waals surface area contributed by atoms with Crippen LogP contribution in [0.3, 0.4) is 0 Å². The third-order valence-corrected chi connectivity index (χ3v) is 4.53. The highest BCUT2D eigenvalue weighted by Gasteiger charge is 2.15. The van der Waals surface area contributed by atoms with Crippen molar-refractivity contribution in [2.24, 2.45) is 11.1 Å². The van der Waals surface area contributed by atoms with Gasteiger partial charge in [0.2, 0.25) is 10.0 Å². The monoisotopic (exact) mass is 349 g/mol. The predicted octanol–water partition coefficient (Wildman–Crippen LogP) is 1.33. The molecule has 0 bridgehead atoms. The van der Waals surface area contributed by atoms with Gasteiger partial charge in [0.15, 0.2) is 0 Å². The van der Waals surface area contributed by atoms with E-state index in [-0.39, 0.29) is 4.90 Å². The molecule has 0 atom stereocenters. The largest absolute Gasteiger partial charge is 0.381 e. The summed E-state index contributed by atoms with van der Waals surface area (Å²) in [4.78, 5) is 4.08. The summed E-state index contributed by atoms with van der Waals surface area (Å²) in [5.41, 5.74) is 0. The number of sulfonamides is 1. The van der Waals surface area contributed by atoms with Crippen LogP contribution in [-0.2, 0) is 14.8 Å². The van der Waals surface area contributed by atoms with E-state index in [0.717, 1.165) is 32.6 Å². The van der Waals surface area contributed by atoms with Gasteiger partial charge in [-0.25, -0.2) is 18.5 Å². The van der Waals surface area contributed by atoms with Crippen LogP contribution in [0.5, 0.6) is 0 Å². The van der Waals surface area contributed by atoms with Gasteiger partial charge in [-0.05, 0) is 40.8 Å². The quantitative estimate of drug-likeness (QED) is 0.854. The molecule has 2 rings (SSSR count). The molecule has 3 N–H and O–H groups in total. The molecule has 0 amide bonds. The van der Waals surface area contributed by atoms with Crippen LogP contribution in [0.4, 0.5) is 5.82 Å². The van der Waals surface area contributed by atoms with Gasteiger partial charge in [0.25, 0.3) is 0 Å². The Morgan fingerprint density at radius 1 is 1.47 bits per heavy atom. The van der Waals surface area contributed by atoms with Crippen molar-refractivity contribution in [3.05, 3.63) is 16.7 Å². The van der Waals surface area contributed by atoms with E-state index in [9.17, 15) is 8.42 Å². The van der Waals surface area contributed by atoms with E-state index in [1.54, 1.807) is 0 Å². The van der Waals surface area contributed by atoms with Crippen molar-refractivity contribution < 1.29 is 13.2 Å². The zero-order chi connectivity index (χ0) is 13.9. The summed E-state index contributed by atoms with van der Waals surface area (Å²) < 4.78 is 28.3. The van der Waals surface area contributed by atoms with Crippen LogP contribution >= 0.6 is 15.9 Å². The summed E-state index contributed by atoms with van der Waals surface area (Å²) in [6.07, 6.45) is 3.31. The minimum Gasteiger partial charge on any atom is -0.381 e. The number of aromatic nitrogens is 1. The molecule has 0 unspecified atom stereocenters. The van der Waals surface area contributed by atoms with Gasteiger partial charge in [0.1, 0.15) is 10.7 Å². The Labute approximate surface area is 120 Å². The van der Waals surface area contributed by atoms with Crippen LogP contribution in [0.15, 0.2) is 21.6 Å². The lowest BCUT2D eigenvalue weighted by molar-refractivity contribution is 0.0699. The second-order valence-corrected chi connectivity index (χ2v) is 6.90. The Morgan fingerprint density at radius 3 is 2.74 bits per heavy atom. The maximum absolute atomic E-state index is 11.2. The van der Waals surface area contributed by atoms with Crippen molar-refractivity contribution >= 4 is 31.8 Å². The van der Waals surface area contributed by atoms with Crippen molar-refractivity contribution in [1.29, 1.82) is 0 Å². The molecule has 19 heavy (non-hydrogen) atoms. The topological polar surface area (TPSA) is 94.3 Å². The highest BCUT2D eigenvalue weighted by Crippen LogP contribution is 2.23. The van der Waals surface area contributed by atoms with Gasteiger partial charge in [-0.2, -0.15) is 0 Å². The highest BCUT2D eigenvalue weighted by molar-refractivity contribution is 9.10. The average molecular weight is 350 g/mol. The van der Waals surface area contributed by atoms with Crippen molar-refractivity contribution in [3.63, 3.8) is 0 Å². The molecular formula is C11H16BrN3O3S. The zero-order valence-electron chi connectivity index (χ0n) is 10.3. The average Bonchev–Trinajstić information content (AvgIpc) is 2.37. The van der Waals surface area contributed by atoms with E-state index in [2.05, 4.69) is 26.2 Å². The summed E-state index contributed by atoms with van der Waals surface area (Å²) >= 11 is 3.29. The molecule has 8 heteroatoms. The van der Waals surface area contributed by atoms with Crippen LogP contribution in [0.25, 0.3) is 0 Å².